The fourth-order valence-corrected chi connectivity index (χ4v) is 1.85. The Morgan fingerprint density at radius 1 is 1.44 bits per heavy atom. The van der Waals surface area contributed by atoms with Crippen molar-refractivity contribution in [2.75, 3.05) is 0 Å². The molecule has 2 N–H and O–H groups in total. The van der Waals surface area contributed by atoms with E-state index >= 15 is 0 Å². The van der Waals surface area contributed by atoms with E-state index in [-0.39, 0.29) is 6.42 Å². The maximum atomic E-state index is 10.6. The van der Waals surface area contributed by atoms with Crippen LogP contribution in [0.5, 0.6) is 0 Å². The molecule has 0 atom stereocenters. The molecule has 0 spiro atoms. The zero-order valence-corrected chi connectivity index (χ0v) is 8.34. The van der Waals surface area contributed by atoms with Crippen LogP contribution in [0.3, 0.4) is 0 Å². The van der Waals surface area contributed by atoms with Crippen LogP contribution in [0.15, 0.2) is 30.5 Å². The van der Waals surface area contributed by atoms with Crippen molar-refractivity contribution >= 4 is 22.8 Å². The molecule has 0 bridgehead atoms. The maximum Gasteiger partial charge on any atom is 0.309 e. The van der Waals surface area contributed by atoms with E-state index in [0.717, 1.165) is 11.0 Å². The monoisotopic (exact) mass is 215 g/mol. The molecule has 0 fully saturated rings. The molecular weight excluding hydrogens is 206 g/mol. The Bertz CT molecular complexity index is 681. The highest BCUT2D eigenvalue weighted by Gasteiger charge is 2.09. The number of para-hydroxylation sites is 2. The normalized spacial score (nSPS) is 11.2. The van der Waals surface area contributed by atoms with Gasteiger partial charge in [-0.3, -0.25) is 9.20 Å². The largest absolute Gasteiger partial charge is 0.481 e. The van der Waals surface area contributed by atoms with Gasteiger partial charge in [-0.2, -0.15) is 0 Å². The van der Waals surface area contributed by atoms with Crippen molar-refractivity contribution < 1.29 is 9.90 Å². The molecule has 16 heavy (non-hydrogen) atoms. The zero-order chi connectivity index (χ0) is 11.1. The molecular formula is C11H9N3O2. The van der Waals surface area contributed by atoms with Crippen molar-refractivity contribution in [2.45, 2.75) is 6.42 Å². The van der Waals surface area contributed by atoms with Gasteiger partial charge in [0, 0.05) is 11.9 Å². The first-order chi connectivity index (χ1) is 7.74. The number of fused-ring (bicyclic) bond motifs is 3. The molecule has 5 heteroatoms. The Labute approximate surface area is 90.3 Å². The van der Waals surface area contributed by atoms with Crippen LogP contribution in [0.1, 0.15) is 5.69 Å². The van der Waals surface area contributed by atoms with Crippen molar-refractivity contribution in [3.8, 4) is 0 Å². The first-order valence-electron chi connectivity index (χ1n) is 4.90. The minimum atomic E-state index is -0.853. The van der Waals surface area contributed by atoms with Crippen LogP contribution in [0, 0.1) is 0 Å². The summed E-state index contributed by atoms with van der Waals surface area (Å²) < 4.78 is 1.87. The molecule has 0 unspecified atom stereocenters. The number of nitrogens with one attached hydrogen (secondary N) is 1. The van der Waals surface area contributed by atoms with Crippen LogP contribution < -0.4 is 0 Å². The van der Waals surface area contributed by atoms with Crippen molar-refractivity contribution in [3.05, 3.63) is 36.2 Å². The number of H-pyrrole nitrogens is 1. The summed E-state index contributed by atoms with van der Waals surface area (Å²) >= 11 is 0. The predicted molar refractivity (Wildman–Crippen MR) is 58.4 cm³/mol. The minimum absolute atomic E-state index is 0.0162. The average molecular weight is 215 g/mol. The van der Waals surface area contributed by atoms with Gasteiger partial charge in [-0.1, -0.05) is 12.1 Å². The van der Waals surface area contributed by atoms with Crippen LogP contribution in [0.25, 0.3) is 16.8 Å². The molecule has 1 aromatic carbocycles. The second-order valence-electron chi connectivity index (χ2n) is 3.64. The summed E-state index contributed by atoms with van der Waals surface area (Å²) in [7, 11) is 0. The minimum Gasteiger partial charge on any atom is -0.481 e. The maximum absolute atomic E-state index is 10.6. The third-order valence-corrected chi connectivity index (χ3v) is 2.49. The highest BCUT2D eigenvalue weighted by molar-refractivity contribution is 5.80. The molecule has 0 radical (unpaired) electrons. The fraction of sp³-hybridized carbons (Fsp3) is 0.0909. The topological polar surface area (TPSA) is 70.4 Å². The van der Waals surface area contributed by atoms with Crippen molar-refractivity contribution in [1.82, 2.24) is 14.4 Å². The number of hydrogen-bond acceptors (Lipinski definition) is 2. The molecule has 0 aliphatic rings. The summed E-state index contributed by atoms with van der Waals surface area (Å²) in [6.07, 6.45) is 1.76. The Morgan fingerprint density at radius 3 is 3.06 bits per heavy atom. The number of carboxylic acid groups (broad SMARTS) is 1. The summed E-state index contributed by atoms with van der Waals surface area (Å²) in [6, 6.07) is 7.73. The van der Waals surface area contributed by atoms with Gasteiger partial charge >= 0.3 is 5.97 Å². The van der Waals surface area contributed by atoms with Gasteiger partial charge in [-0.05, 0) is 12.1 Å². The Balaban J connectivity index is 2.22. The predicted octanol–water partition coefficient (Wildman–Crippen LogP) is 1.44. The first kappa shape index (κ1) is 8.96. The summed E-state index contributed by atoms with van der Waals surface area (Å²) in [4.78, 5) is 17.9. The molecule has 0 amide bonds. The first-order valence-corrected chi connectivity index (χ1v) is 4.90. The highest BCUT2D eigenvalue weighted by atomic mass is 16.4. The number of hydrogen-bond donors (Lipinski definition) is 2. The van der Waals surface area contributed by atoms with Gasteiger partial charge in [-0.15, -0.1) is 0 Å². The molecule has 3 aromatic rings. The number of aliphatic carboxylic acids is 1. The zero-order valence-electron chi connectivity index (χ0n) is 8.34. The van der Waals surface area contributed by atoms with Gasteiger partial charge in [0.05, 0.1) is 17.5 Å². The van der Waals surface area contributed by atoms with E-state index in [1.54, 1.807) is 6.20 Å². The smallest absolute Gasteiger partial charge is 0.309 e. The second-order valence-corrected chi connectivity index (χ2v) is 3.64. The lowest BCUT2D eigenvalue weighted by atomic mass is 10.3. The van der Waals surface area contributed by atoms with E-state index in [9.17, 15) is 4.79 Å². The number of carboxylic acids is 1. The molecule has 0 saturated carbocycles. The van der Waals surface area contributed by atoms with E-state index in [1.165, 1.54) is 0 Å². The van der Waals surface area contributed by atoms with Crippen LogP contribution >= 0.6 is 0 Å². The van der Waals surface area contributed by atoms with Crippen molar-refractivity contribution in [3.63, 3.8) is 0 Å². The lowest BCUT2D eigenvalue weighted by molar-refractivity contribution is -0.136. The van der Waals surface area contributed by atoms with Gasteiger partial charge in [0.25, 0.3) is 0 Å². The summed E-state index contributed by atoms with van der Waals surface area (Å²) in [5.74, 6) is -0.175. The highest BCUT2D eigenvalue weighted by Crippen LogP contribution is 2.16. The number of benzene rings is 1. The number of imidazole rings is 2. The van der Waals surface area contributed by atoms with Gasteiger partial charge in [0.2, 0.25) is 5.78 Å². The summed E-state index contributed by atoms with van der Waals surface area (Å²) in [6.45, 7) is 0. The Kier molecular flexibility index (Phi) is 1.73. The van der Waals surface area contributed by atoms with E-state index in [1.807, 2.05) is 28.7 Å². The molecule has 2 heterocycles. The van der Waals surface area contributed by atoms with Crippen LogP contribution in [-0.2, 0) is 11.2 Å². The van der Waals surface area contributed by atoms with E-state index in [4.69, 9.17) is 5.11 Å². The van der Waals surface area contributed by atoms with Gasteiger partial charge in [0.1, 0.15) is 0 Å². The van der Waals surface area contributed by atoms with Gasteiger partial charge in [0.15, 0.2) is 0 Å². The molecule has 3 rings (SSSR count). The Morgan fingerprint density at radius 2 is 2.25 bits per heavy atom. The third kappa shape index (κ3) is 1.25. The molecule has 0 aliphatic carbocycles. The lowest BCUT2D eigenvalue weighted by Gasteiger charge is -1.89. The lowest BCUT2D eigenvalue weighted by Crippen LogP contribution is -1.99. The number of aromatic nitrogens is 3. The number of carbonyl (C=O) groups is 1. The molecule has 0 saturated heterocycles. The number of nitrogens with zero attached hydrogens (tertiary/aromatic N) is 2. The fourth-order valence-electron chi connectivity index (χ4n) is 1.85. The van der Waals surface area contributed by atoms with Gasteiger partial charge < -0.3 is 10.1 Å². The van der Waals surface area contributed by atoms with E-state index < -0.39 is 5.97 Å². The van der Waals surface area contributed by atoms with Crippen molar-refractivity contribution in [1.29, 1.82) is 0 Å². The number of aromatic amines is 1. The quantitative estimate of drug-likeness (QED) is 0.679. The standard InChI is InChI=1S/C11H9N3O2/c15-10(16)5-7-6-14-9-4-2-1-3-8(9)13-11(14)12-7/h1-4,6H,5H2,(H,12,13)(H,15,16). The SMILES string of the molecule is O=C(O)Cc1cn2c(nc3ccccc32)[nH]1. The second kappa shape index (κ2) is 3.10. The number of rotatable bonds is 2. The van der Waals surface area contributed by atoms with Crippen LogP contribution in [0.4, 0.5) is 0 Å². The van der Waals surface area contributed by atoms with Crippen LogP contribution in [0.2, 0.25) is 0 Å². The van der Waals surface area contributed by atoms with E-state index in [2.05, 4.69) is 9.97 Å². The van der Waals surface area contributed by atoms with E-state index in [0.29, 0.717) is 11.5 Å². The summed E-state index contributed by atoms with van der Waals surface area (Å²) in [5.41, 5.74) is 2.53. The molecule has 5 nitrogen and oxygen atoms in total. The third-order valence-electron chi connectivity index (χ3n) is 2.49. The summed E-state index contributed by atoms with van der Waals surface area (Å²) in [5, 5.41) is 8.69. The van der Waals surface area contributed by atoms with Crippen LogP contribution in [-0.4, -0.2) is 25.4 Å². The molecule has 2 aromatic heterocycles. The molecule has 80 valence electrons. The average Bonchev–Trinajstić information content (AvgIpc) is 2.73. The Hall–Kier alpha value is -2.30. The molecule has 0 aliphatic heterocycles. The van der Waals surface area contributed by atoms with Crippen molar-refractivity contribution in [2.24, 2.45) is 0 Å². The van der Waals surface area contributed by atoms with Gasteiger partial charge in [-0.25, -0.2) is 4.98 Å².